The molecule has 0 saturated heterocycles. The summed E-state index contributed by atoms with van der Waals surface area (Å²) in [5.74, 6) is 0.823. The lowest BCUT2D eigenvalue weighted by Gasteiger charge is -2.26. The van der Waals surface area contributed by atoms with Crippen molar-refractivity contribution in [3.8, 4) is 11.5 Å². The number of fused-ring (bicyclic) bond motifs is 1. The lowest BCUT2D eigenvalue weighted by atomic mass is 9.96. The van der Waals surface area contributed by atoms with Crippen molar-refractivity contribution in [1.29, 1.82) is 0 Å². The topological polar surface area (TPSA) is 114 Å². The number of phenols is 1. The molecule has 1 aromatic heterocycles. The van der Waals surface area contributed by atoms with Gasteiger partial charge in [0.05, 0.1) is 25.1 Å². The van der Waals surface area contributed by atoms with E-state index in [1.165, 1.54) is 11.1 Å². The van der Waals surface area contributed by atoms with E-state index in [1.807, 2.05) is 24.3 Å². The van der Waals surface area contributed by atoms with Gasteiger partial charge in [0.15, 0.2) is 0 Å². The zero-order valence-corrected chi connectivity index (χ0v) is 23.0. The first kappa shape index (κ1) is 26.9. The fraction of sp³-hybridized carbons (Fsp3) is 0.250. The molecule has 0 bridgehead atoms. The number of nitrogens with zero attached hydrogens (tertiary/aromatic N) is 4. The molecule has 5 rings (SSSR count). The van der Waals surface area contributed by atoms with E-state index in [1.54, 1.807) is 42.6 Å². The monoisotopic (exact) mass is 535 g/mol. The molecule has 0 fully saturated rings. The van der Waals surface area contributed by atoms with Crippen molar-refractivity contribution in [3.05, 3.63) is 106 Å². The van der Waals surface area contributed by atoms with Crippen molar-refractivity contribution in [2.75, 3.05) is 17.7 Å². The van der Waals surface area contributed by atoms with Crippen LogP contribution < -0.4 is 15.4 Å². The Labute approximate surface area is 234 Å². The average Bonchev–Trinajstić information content (AvgIpc) is 3.08. The molecule has 1 aliphatic rings. The van der Waals surface area contributed by atoms with Gasteiger partial charge in [0.25, 0.3) is 5.91 Å². The molecule has 8 nitrogen and oxygen atoms in total. The average molecular weight is 536 g/mol. The van der Waals surface area contributed by atoms with E-state index in [0.717, 1.165) is 29.7 Å². The van der Waals surface area contributed by atoms with Gasteiger partial charge in [-0.15, -0.1) is 0 Å². The van der Waals surface area contributed by atoms with E-state index < -0.39 is 6.04 Å². The molecule has 0 aliphatic carbocycles. The number of amides is 1. The van der Waals surface area contributed by atoms with Crippen LogP contribution in [0.3, 0.4) is 0 Å². The van der Waals surface area contributed by atoms with Crippen LogP contribution in [-0.2, 0) is 30.6 Å². The van der Waals surface area contributed by atoms with Gasteiger partial charge in [0, 0.05) is 29.9 Å². The van der Waals surface area contributed by atoms with Gasteiger partial charge in [-0.3, -0.25) is 9.79 Å². The maximum Gasteiger partial charge on any atom is 0.252 e. The number of aromatic nitrogens is 2. The third kappa shape index (κ3) is 5.52. The van der Waals surface area contributed by atoms with Crippen LogP contribution in [0.15, 0.2) is 78.0 Å². The van der Waals surface area contributed by atoms with Gasteiger partial charge >= 0.3 is 0 Å². The molecule has 40 heavy (non-hydrogen) atoms. The number of nitrogens with two attached hydrogens (primary N) is 1. The zero-order valence-electron chi connectivity index (χ0n) is 23.0. The van der Waals surface area contributed by atoms with Crippen LogP contribution in [0.2, 0.25) is 0 Å². The number of aryl methyl sites for hydroxylation is 2. The van der Waals surface area contributed by atoms with Crippen molar-refractivity contribution in [2.45, 2.75) is 45.7 Å². The Kier molecular flexibility index (Phi) is 7.77. The van der Waals surface area contributed by atoms with Crippen molar-refractivity contribution in [2.24, 2.45) is 4.99 Å². The summed E-state index contributed by atoms with van der Waals surface area (Å²) in [6, 6.07) is 18.3. The molecule has 3 N–H and O–H groups in total. The molecule has 204 valence electrons. The van der Waals surface area contributed by atoms with Gasteiger partial charge in [0.2, 0.25) is 5.95 Å². The van der Waals surface area contributed by atoms with Gasteiger partial charge in [-0.1, -0.05) is 44.2 Å². The second-order valence-electron chi connectivity index (χ2n) is 9.81. The van der Waals surface area contributed by atoms with Crippen LogP contribution in [0.4, 0.5) is 11.6 Å². The van der Waals surface area contributed by atoms with E-state index in [0.29, 0.717) is 35.5 Å². The maximum atomic E-state index is 14.3. The maximum absolute atomic E-state index is 14.3. The lowest BCUT2D eigenvalue weighted by Crippen LogP contribution is -2.38. The van der Waals surface area contributed by atoms with Gasteiger partial charge in [0.1, 0.15) is 17.5 Å². The molecule has 4 aromatic rings. The zero-order chi connectivity index (χ0) is 28.2. The fourth-order valence-corrected chi connectivity index (χ4v) is 5.13. The molecule has 1 amide bonds. The van der Waals surface area contributed by atoms with Crippen LogP contribution >= 0.6 is 0 Å². The molecule has 0 radical (unpaired) electrons. The fourth-order valence-electron chi connectivity index (χ4n) is 5.13. The summed E-state index contributed by atoms with van der Waals surface area (Å²) in [4.78, 5) is 29.4. The summed E-state index contributed by atoms with van der Waals surface area (Å²) < 4.78 is 5.31. The van der Waals surface area contributed by atoms with Crippen LogP contribution in [0.5, 0.6) is 11.5 Å². The number of hydrogen-bond donors (Lipinski definition) is 2. The minimum absolute atomic E-state index is 0.0702. The number of methoxy groups -OCH3 is 1. The number of hydrogen-bond acceptors (Lipinski definition) is 7. The molecule has 0 spiro atoms. The van der Waals surface area contributed by atoms with Crippen molar-refractivity contribution >= 4 is 23.3 Å². The van der Waals surface area contributed by atoms with Crippen LogP contribution in [0.1, 0.15) is 47.2 Å². The quantitative estimate of drug-likeness (QED) is 0.332. The van der Waals surface area contributed by atoms with Crippen LogP contribution in [0, 0.1) is 0 Å². The first-order valence-corrected chi connectivity index (χ1v) is 13.4. The first-order valence-electron chi connectivity index (χ1n) is 13.4. The lowest BCUT2D eigenvalue weighted by molar-refractivity contribution is -0.119. The van der Waals surface area contributed by atoms with E-state index in [-0.39, 0.29) is 17.6 Å². The number of anilines is 2. The van der Waals surface area contributed by atoms with Gasteiger partial charge in [-0.25, -0.2) is 9.97 Å². The van der Waals surface area contributed by atoms with Gasteiger partial charge < -0.3 is 20.5 Å². The SMILES string of the molecule is CCc1ccc(CC2N=C(c3cnc(N)nc3)c3cc(O)ccc3N(Cc3ccc(OC)cc3)C2=O)cc1CC. The number of ether oxygens (including phenoxy) is 1. The van der Waals surface area contributed by atoms with E-state index >= 15 is 0 Å². The van der Waals surface area contributed by atoms with Crippen molar-refractivity contribution < 1.29 is 14.6 Å². The number of aliphatic imine (C=N–C) groups is 1. The second kappa shape index (κ2) is 11.6. The van der Waals surface area contributed by atoms with Crippen LogP contribution in [-0.4, -0.2) is 39.8 Å². The predicted molar refractivity (Wildman–Crippen MR) is 157 cm³/mol. The highest BCUT2D eigenvalue weighted by molar-refractivity contribution is 6.20. The van der Waals surface area contributed by atoms with E-state index in [9.17, 15) is 9.90 Å². The Morgan fingerprint density at radius 1 is 0.925 bits per heavy atom. The Morgan fingerprint density at radius 2 is 1.62 bits per heavy atom. The first-order chi connectivity index (χ1) is 19.4. The summed E-state index contributed by atoms with van der Waals surface area (Å²) in [6.45, 7) is 4.62. The van der Waals surface area contributed by atoms with E-state index in [4.69, 9.17) is 15.5 Å². The van der Waals surface area contributed by atoms with Crippen LogP contribution in [0.25, 0.3) is 0 Å². The number of phenolic OH excluding ortho intramolecular Hbond substituents is 1. The summed E-state index contributed by atoms with van der Waals surface area (Å²) >= 11 is 0. The van der Waals surface area contributed by atoms with Gasteiger partial charge in [-0.2, -0.15) is 0 Å². The van der Waals surface area contributed by atoms with Gasteiger partial charge in [-0.05, 0) is 65.4 Å². The Balaban J connectivity index is 1.64. The number of aromatic hydroxyl groups is 1. The largest absolute Gasteiger partial charge is 0.508 e. The Bertz CT molecular complexity index is 1550. The minimum atomic E-state index is -0.711. The number of carbonyl (C=O) groups excluding carboxylic acids is 1. The minimum Gasteiger partial charge on any atom is -0.508 e. The summed E-state index contributed by atoms with van der Waals surface area (Å²) in [6.07, 6.45) is 5.50. The standard InChI is InChI=1S/C32H33N5O3/c1-4-22-9-6-21(14-23(22)5-2)15-28-31(39)37(19-20-7-11-26(40-3)12-8-20)29-13-10-25(38)16-27(29)30(36-28)24-17-34-32(33)35-18-24/h6-14,16-18,28,38H,4-5,15,19H2,1-3H3,(H2,33,34,35). The highest BCUT2D eigenvalue weighted by Gasteiger charge is 2.33. The molecule has 1 aliphatic heterocycles. The van der Waals surface area contributed by atoms with Crippen molar-refractivity contribution in [1.82, 2.24) is 9.97 Å². The van der Waals surface area contributed by atoms with Crippen molar-refractivity contribution in [3.63, 3.8) is 0 Å². The number of benzene rings is 3. The van der Waals surface area contributed by atoms with E-state index in [2.05, 4.69) is 42.0 Å². The number of benzodiazepines with no additional fused rings is 1. The molecule has 2 heterocycles. The second-order valence-corrected chi connectivity index (χ2v) is 9.81. The summed E-state index contributed by atoms with van der Waals surface area (Å²) in [5, 5.41) is 10.5. The highest BCUT2D eigenvalue weighted by Crippen LogP contribution is 2.33. The third-order valence-electron chi connectivity index (χ3n) is 7.27. The molecule has 3 aromatic carbocycles. The normalized spacial score (nSPS) is 14.9. The molecular weight excluding hydrogens is 502 g/mol. The number of rotatable bonds is 8. The summed E-state index contributed by atoms with van der Waals surface area (Å²) in [7, 11) is 1.62. The molecular formula is C32H33N5O3. The Hall–Kier alpha value is -4.72. The molecule has 1 unspecified atom stereocenters. The molecule has 0 saturated carbocycles. The highest BCUT2D eigenvalue weighted by atomic mass is 16.5. The smallest absolute Gasteiger partial charge is 0.252 e. The summed E-state index contributed by atoms with van der Waals surface area (Å²) in [5.41, 5.74) is 12.7. The number of carbonyl (C=O) groups is 1. The number of nitrogen functional groups attached to an aromatic ring is 1. The predicted octanol–water partition coefficient (Wildman–Crippen LogP) is 4.89. The molecule has 1 atom stereocenters. The molecule has 8 heteroatoms. The Morgan fingerprint density at radius 3 is 2.30 bits per heavy atom. The third-order valence-corrected chi connectivity index (χ3v) is 7.27.